The first-order chi connectivity index (χ1) is 10.0. The second kappa shape index (κ2) is 7.53. The maximum atomic E-state index is 12.1. The zero-order chi connectivity index (χ0) is 17.1. The van der Waals surface area contributed by atoms with E-state index in [-0.39, 0.29) is 30.1 Å². The van der Waals surface area contributed by atoms with Gasteiger partial charge >= 0.3 is 0 Å². The molecule has 8 heteroatoms. The quantitative estimate of drug-likeness (QED) is 0.841. The molecule has 0 aromatic heterocycles. The highest BCUT2D eigenvalue weighted by Gasteiger charge is 2.22. The monoisotopic (exact) mass is 366 g/mol. The molecule has 1 aromatic carbocycles. The van der Waals surface area contributed by atoms with Crippen LogP contribution in [0.5, 0.6) is 0 Å². The van der Waals surface area contributed by atoms with Gasteiger partial charge in [-0.05, 0) is 31.0 Å². The average molecular weight is 367 g/mol. The standard InChI is InChI=1S/C14H20Cl2N2O3S/c1-9(2)10(3)17-14(19)8-18(22(4,20)21)13-6-11(15)5-12(16)7-13/h5-7,9-10H,8H2,1-4H3,(H,17,19). The van der Waals surface area contributed by atoms with Crippen LogP contribution >= 0.6 is 23.2 Å². The fourth-order valence-corrected chi connectivity index (χ4v) is 3.03. The molecule has 0 saturated heterocycles. The van der Waals surface area contributed by atoms with Crippen molar-refractivity contribution in [2.24, 2.45) is 5.92 Å². The van der Waals surface area contributed by atoms with E-state index >= 15 is 0 Å². The van der Waals surface area contributed by atoms with Crippen LogP contribution in [0.2, 0.25) is 10.0 Å². The number of sulfonamides is 1. The third-order valence-corrected chi connectivity index (χ3v) is 4.79. The highest BCUT2D eigenvalue weighted by atomic mass is 35.5. The summed E-state index contributed by atoms with van der Waals surface area (Å²) >= 11 is 11.8. The fourth-order valence-electron chi connectivity index (χ4n) is 1.68. The van der Waals surface area contributed by atoms with E-state index in [9.17, 15) is 13.2 Å². The van der Waals surface area contributed by atoms with Gasteiger partial charge in [0.2, 0.25) is 15.9 Å². The summed E-state index contributed by atoms with van der Waals surface area (Å²) < 4.78 is 24.9. The Morgan fingerprint density at radius 1 is 1.18 bits per heavy atom. The molecule has 1 amide bonds. The van der Waals surface area contributed by atoms with Gasteiger partial charge in [0.05, 0.1) is 11.9 Å². The zero-order valence-corrected chi connectivity index (χ0v) is 15.3. The van der Waals surface area contributed by atoms with Crippen molar-refractivity contribution in [3.63, 3.8) is 0 Å². The van der Waals surface area contributed by atoms with Crippen molar-refractivity contribution >= 4 is 44.8 Å². The lowest BCUT2D eigenvalue weighted by Crippen LogP contribution is -2.44. The van der Waals surface area contributed by atoms with E-state index in [0.717, 1.165) is 10.6 Å². The Morgan fingerprint density at radius 3 is 2.09 bits per heavy atom. The number of nitrogens with zero attached hydrogens (tertiary/aromatic N) is 1. The topological polar surface area (TPSA) is 66.5 Å². The smallest absolute Gasteiger partial charge is 0.240 e. The number of halogens is 2. The number of hydrogen-bond donors (Lipinski definition) is 1. The summed E-state index contributed by atoms with van der Waals surface area (Å²) in [6.45, 7) is 5.47. The first kappa shape index (κ1) is 19.1. The molecule has 0 heterocycles. The summed E-state index contributed by atoms with van der Waals surface area (Å²) in [5.41, 5.74) is 0.257. The van der Waals surface area contributed by atoms with Crippen LogP contribution in [0.3, 0.4) is 0 Å². The minimum absolute atomic E-state index is 0.0585. The highest BCUT2D eigenvalue weighted by Crippen LogP contribution is 2.26. The lowest BCUT2D eigenvalue weighted by atomic mass is 10.1. The van der Waals surface area contributed by atoms with Crippen molar-refractivity contribution in [1.82, 2.24) is 5.32 Å². The van der Waals surface area contributed by atoms with Gasteiger partial charge < -0.3 is 5.32 Å². The van der Waals surface area contributed by atoms with Crippen molar-refractivity contribution in [2.75, 3.05) is 17.1 Å². The predicted molar refractivity (Wildman–Crippen MR) is 91.1 cm³/mol. The van der Waals surface area contributed by atoms with E-state index in [1.807, 2.05) is 20.8 Å². The number of anilines is 1. The van der Waals surface area contributed by atoms with Crippen molar-refractivity contribution in [3.8, 4) is 0 Å². The van der Waals surface area contributed by atoms with Crippen LogP contribution in [0.1, 0.15) is 20.8 Å². The first-order valence-electron chi connectivity index (χ1n) is 6.74. The Labute approximate surface area is 141 Å². The molecule has 5 nitrogen and oxygen atoms in total. The third kappa shape index (κ3) is 5.66. The number of carbonyl (C=O) groups excluding carboxylic acids is 1. The molecule has 0 aliphatic heterocycles. The Bertz CT molecular complexity index is 627. The van der Waals surface area contributed by atoms with Crippen molar-refractivity contribution in [1.29, 1.82) is 0 Å². The summed E-state index contributed by atoms with van der Waals surface area (Å²) in [6.07, 6.45) is 1.03. The minimum Gasteiger partial charge on any atom is -0.352 e. The zero-order valence-electron chi connectivity index (χ0n) is 12.9. The van der Waals surface area contributed by atoms with Crippen molar-refractivity contribution < 1.29 is 13.2 Å². The average Bonchev–Trinajstić information content (AvgIpc) is 2.33. The van der Waals surface area contributed by atoms with Gasteiger partial charge in [-0.1, -0.05) is 37.0 Å². The molecule has 0 aliphatic rings. The van der Waals surface area contributed by atoms with Crippen LogP contribution in [-0.4, -0.2) is 33.2 Å². The van der Waals surface area contributed by atoms with Crippen LogP contribution in [0.4, 0.5) is 5.69 Å². The molecule has 1 aromatic rings. The Hall–Kier alpha value is -0.980. The number of amides is 1. The second-order valence-corrected chi connectivity index (χ2v) is 8.28. The van der Waals surface area contributed by atoms with Gasteiger partial charge in [0.1, 0.15) is 6.54 Å². The molecule has 1 atom stereocenters. The van der Waals surface area contributed by atoms with Crippen LogP contribution in [0.15, 0.2) is 18.2 Å². The number of carbonyl (C=O) groups is 1. The van der Waals surface area contributed by atoms with E-state index in [4.69, 9.17) is 23.2 Å². The summed E-state index contributed by atoms with van der Waals surface area (Å²) in [7, 11) is -3.65. The Morgan fingerprint density at radius 2 is 1.68 bits per heavy atom. The molecule has 0 saturated carbocycles. The molecular formula is C14H20Cl2N2O3S. The molecule has 0 radical (unpaired) electrons. The molecule has 0 bridgehead atoms. The molecular weight excluding hydrogens is 347 g/mol. The maximum absolute atomic E-state index is 12.1. The fraction of sp³-hybridized carbons (Fsp3) is 0.500. The van der Waals surface area contributed by atoms with Gasteiger partial charge in [0.15, 0.2) is 0 Å². The summed E-state index contributed by atoms with van der Waals surface area (Å²) in [5, 5.41) is 3.37. The Balaban J connectivity index is 3.03. The van der Waals surface area contributed by atoms with Gasteiger partial charge in [-0.25, -0.2) is 8.42 Å². The molecule has 22 heavy (non-hydrogen) atoms. The van der Waals surface area contributed by atoms with Gasteiger partial charge in [-0.15, -0.1) is 0 Å². The first-order valence-corrected chi connectivity index (χ1v) is 9.34. The lowest BCUT2D eigenvalue weighted by Gasteiger charge is -2.24. The van der Waals surface area contributed by atoms with Gasteiger partial charge in [0.25, 0.3) is 0 Å². The van der Waals surface area contributed by atoms with Gasteiger partial charge in [-0.2, -0.15) is 0 Å². The van der Waals surface area contributed by atoms with Crippen LogP contribution in [0.25, 0.3) is 0 Å². The molecule has 0 fully saturated rings. The van der Waals surface area contributed by atoms with Gasteiger partial charge in [-0.3, -0.25) is 9.10 Å². The van der Waals surface area contributed by atoms with Crippen molar-refractivity contribution in [2.45, 2.75) is 26.8 Å². The van der Waals surface area contributed by atoms with E-state index < -0.39 is 10.0 Å². The number of benzene rings is 1. The number of rotatable bonds is 6. The van der Waals surface area contributed by atoms with Crippen LogP contribution in [-0.2, 0) is 14.8 Å². The lowest BCUT2D eigenvalue weighted by molar-refractivity contribution is -0.120. The minimum atomic E-state index is -3.65. The predicted octanol–water partition coefficient (Wildman–Crippen LogP) is 2.92. The summed E-state index contributed by atoms with van der Waals surface area (Å²) in [4.78, 5) is 12.1. The summed E-state index contributed by atoms with van der Waals surface area (Å²) in [6, 6.07) is 4.34. The summed E-state index contributed by atoms with van der Waals surface area (Å²) in [5.74, 6) is -0.140. The number of hydrogen-bond acceptors (Lipinski definition) is 3. The molecule has 0 aliphatic carbocycles. The Kier molecular flexibility index (Phi) is 6.52. The molecule has 1 unspecified atom stereocenters. The molecule has 0 spiro atoms. The van der Waals surface area contributed by atoms with E-state index in [2.05, 4.69) is 5.32 Å². The van der Waals surface area contributed by atoms with E-state index in [0.29, 0.717) is 10.0 Å². The van der Waals surface area contributed by atoms with E-state index in [1.54, 1.807) is 0 Å². The van der Waals surface area contributed by atoms with Crippen LogP contribution in [0, 0.1) is 5.92 Å². The normalized spacial score (nSPS) is 13.0. The second-order valence-electron chi connectivity index (χ2n) is 5.50. The van der Waals surface area contributed by atoms with Crippen LogP contribution < -0.4 is 9.62 Å². The highest BCUT2D eigenvalue weighted by molar-refractivity contribution is 7.92. The molecule has 124 valence electrons. The van der Waals surface area contributed by atoms with E-state index in [1.165, 1.54) is 18.2 Å². The SMILES string of the molecule is CC(C)C(C)NC(=O)CN(c1cc(Cl)cc(Cl)c1)S(C)(=O)=O. The molecule has 1 rings (SSSR count). The number of nitrogens with one attached hydrogen (secondary N) is 1. The van der Waals surface area contributed by atoms with Crippen molar-refractivity contribution in [3.05, 3.63) is 28.2 Å². The maximum Gasteiger partial charge on any atom is 0.240 e. The third-order valence-electron chi connectivity index (χ3n) is 3.21. The van der Waals surface area contributed by atoms with Gasteiger partial charge in [0, 0.05) is 16.1 Å². The largest absolute Gasteiger partial charge is 0.352 e. The molecule has 1 N–H and O–H groups in total.